The van der Waals surface area contributed by atoms with E-state index in [0.29, 0.717) is 16.3 Å². The molecule has 1 atom stereocenters. The molecule has 206 valence electrons. The van der Waals surface area contributed by atoms with Crippen LogP contribution in [-0.2, 0) is 16.1 Å². The number of hydrogen-bond donors (Lipinski definition) is 2. The largest absolute Gasteiger partial charge is 0.480 e. The summed E-state index contributed by atoms with van der Waals surface area (Å²) in [6, 6.07) is 30.3. The molecule has 0 aliphatic rings. The Bertz CT molecular complexity index is 1660. The molecule has 0 unspecified atom stereocenters. The Morgan fingerprint density at radius 3 is 2.12 bits per heavy atom. The van der Waals surface area contributed by atoms with Crippen LogP contribution < -0.4 is 5.32 Å². The first-order valence-corrected chi connectivity index (χ1v) is 13.4. The number of benzene rings is 4. The maximum atomic E-state index is 13.4. The van der Waals surface area contributed by atoms with Gasteiger partial charge in [-0.1, -0.05) is 108 Å². The van der Waals surface area contributed by atoms with Gasteiger partial charge in [0.1, 0.15) is 0 Å². The Morgan fingerprint density at radius 2 is 1.46 bits per heavy atom. The minimum Gasteiger partial charge on any atom is -0.480 e. The van der Waals surface area contributed by atoms with Crippen LogP contribution in [0.5, 0.6) is 0 Å². The molecule has 0 fully saturated rings. The zero-order chi connectivity index (χ0) is 28.8. The number of carboxylic acids is 1. The van der Waals surface area contributed by atoms with Crippen molar-refractivity contribution in [1.82, 2.24) is 20.1 Å². The Kier molecular flexibility index (Phi) is 8.74. The molecule has 0 spiro atoms. The summed E-state index contributed by atoms with van der Waals surface area (Å²) >= 11 is 12.3. The molecule has 1 amide bonds. The average Bonchev–Trinajstić information content (AvgIpc) is 3.45. The van der Waals surface area contributed by atoms with E-state index in [-0.39, 0.29) is 29.9 Å². The maximum Gasteiger partial charge on any atom is 0.328 e. The predicted molar refractivity (Wildman–Crippen MR) is 157 cm³/mol. The molecule has 1 heterocycles. The van der Waals surface area contributed by atoms with Crippen molar-refractivity contribution < 1.29 is 19.4 Å². The third-order valence-corrected chi connectivity index (χ3v) is 6.95. The number of hydrogen-bond acceptors (Lipinski definition) is 5. The summed E-state index contributed by atoms with van der Waals surface area (Å²) in [4.78, 5) is 29.8. The molecule has 0 bridgehead atoms. The van der Waals surface area contributed by atoms with Gasteiger partial charge in [-0.05, 0) is 34.9 Å². The quantitative estimate of drug-likeness (QED) is 0.199. The van der Waals surface area contributed by atoms with Crippen LogP contribution in [-0.4, -0.2) is 44.4 Å². The first kappa shape index (κ1) is 28.0. The van der Waals surface area contributed by atoms with Crippen LogP contribution in [0.4, 0.5) is 0 Å². The first-order chi connectivity index (χ1) is 19.9. The number of nitrogens with zero attached hydrogens (tertiary/aromatic N) is 3. The molecule has 4 aromatic carbocycles. The fraction of sp³-hybridized carbons (Fsp3) is 0.0968. The van der Waals surface area contributed by atoms with Crippen LogP contribution in [0.3, 0.4) is 0 Å². The van der Waals surface area contributed by atoms with E-state index in [1.807, 2.05) is 84.9 Å². The maximum absolute atomic E-state index is 13.4. The van der Waals surface area contributed by atoms with Crippen molar-refractivity contribution in [3.05, 3.63) is 125 Å². The summed E-state index contributed by atoms with van der Waals surface area (Å²) in [5, 5.41) is 17.4. The van der Waals surface area contributed by atoms with Crippen molar-refractivity contribution >= 4 is 35.1 Å². The number of aromatic nitrogens is 3. The summed E-state index contributed by atoms with van der Waals surface area (Å²) in [5.74, 6) is -1.84. The highest BCUT2D eigenvalue weighted by atomic mass is 35.5. The van der Waals surface area contributed by atoms with Gasteiger partial charge in [0.15, 0.2) is 11.9 Å². The van der Waals surface area contributed by atoms with Crippen molar-refractivity contribution in [3.8, 4) is 28.2 Å². The Morgan fingerprint density at radius 1 is 0.829 bits per heavy atom. The fourth-order valence-electron chi connectivity index (χ4n) is 4.09. The van der Waals surface area contributed by atoms with Gasteiger partial charge in [0, 0.05) is 5.56 Å². The smallest absolute Gasteiger partial charge is 0.328 e. The molecule has 0 aliphatic carbocycles. The number of carbonyl (C=O) groups is 2. The van der Waals surface area contributed by atoms with E-state index in [1.54, 1.807) is 18.2 Å². The number of aliphatic carboxylic acids is 1. The standard InChI is InChI=1S/C31H24Cl2N4O4/c32-25-16-15-24(17-26(25)33)37-29(30(38)34-27(31(39)40)19-41-18-20-7-3-1-4-8-20)35-28(36-37)23-13-11-22(12-14-23)21-9-5-2-6-10-21/h1-17,27H,18-19H2,(H,34,38)(H,39,40)/t27-/m0/s1. The molecule has 0 radical (unpaired) electrons. The zero-order valence-corrected chi connectivity index (χ0v) is 23.1. The van der Waals surface area contributed by atoms with Crippen LogP contribution in [0.2, 0.25) is 10.0 Å². The van der Waals surface area contributed by atoms with Crippen molar-refractivity contribution in [2.75, 3.05) is 6.61 Å². The van der Waals surface area contributed by atoms with Gasteiger partial charge in [0.25, 0.3) is 5.91 Å². The van der Waals surface area contributed by atoms with E-state index >= 15 is 0 Å². The van der Waals surface area contributed by atoms with Crippen LogP contribution in [0.1, 0.15) is 16.2 Å². The van der Waals surface area contributed by atoms with E-state index < -0.39 is 17.9 Å². The minimum atomic E-state index is -1.32. The van der Waals surface area contributed by atoms with Gasteiger partial charge in [-0.25, -0.2) is 14.5 Å². The van der Waals surface area contributed by atoms with Gasteiger partial charge in [0.05, 0.1) is 28.9 Å². The summed E-state index contributed by atoms with van der Waals surface area (Å²) in [6.45, 7) is -0.0479. The van der Waals surface area contributed by atoms with E-state index in [9.17, 15) is 14.7 Å². The molecular formula is C31H24Cl2N4O4. The van der Waals surface area contributed by atoms with E-state index in [1.165, 1.54) is 4.68 Å². The monoisotopic (exact) mass is 586 g/mol. The number of carbonyl (C=O) groups excluding carboxylic acids is 1. The number of halogens is 2. The fourth-order valence-corrected chi connectivity index (χ4v) is 4.38. The lowest BCUT2D eigenvalue weighted by Crippen LogP contribution is -2.44. The Hall–Kier alpha value is -4.50. The molecule has 0 aliphatic heterocycles. The lowest BCUT2D eigenvalue weighted by atomic mass is 10.0. The second kappa shape index (κ2) is 12.8. The second-order valence-electron chi connectivity index (χ2n) is 9.08. The summed E-state index contributed by atoms with van der Waals surface area (Å²) < 4.78 is 6.88. The van der Waals surface area contributed by atoms with Crippen LogP contribution in [0.25, 0.3) is 28.2 Å². The topological polar surface area (TPSA) is 106 Å². The highest BCUT2D eigenvalue weighted by molar-refractivity contribution is 6.42. The summed E-state index contributed by atoms with van der Waals surface area (Å²) in [7, 11) is 0. The predicted octanol–water partition coefficient (Wildman–Crippen LogP) is 6.31. The van der Waals surface area contributed by atoms with Crippen molar-refractivity contribution in [2.45, 2.75) is 12.6 Å². The normalized spacial score (nSPS) is 11.7. The number of rotatable bonds is 10. The highest BCUT2D eigenvalue weighted by Gasteiger charge is 2.26. The number of ether oxygens (including phenoxy) is 1. The number of nitrogens with one attached hydrogen (secondary N) is 1. The highest BCUT2D eigenvalue weighted by Crippen LogP contribution is 2.27. The molecular weight excluding hydrogens is 563 g/mol. The molecule has 5 aromatic rings. The SMILES string of the molecule is O=C(N[C@@H](COCc1ccccc1)C(=O)O)c1nc(-c2ccc(-c3ccccc3)cc2)nn1-c1ccc(Cl)c(Cl)c1. The summed E-state index contributed by atoms with van der Waals surface area (Å²) in [6.07, 6.45) is 0. The van der Waals surface area contributed by atoms with Gasteiger partial charge in [-0.15, -0.1) is 5.10 Å². The first-order valence-electron chi connectivity index (χ1n) is 12.6. The molecule has 8 nitrogen and oxygen atoms in total. The molecule has 10 heteroatoms. The van der Waals surface area contributed by atoms with Gasteiger partial charge in [-0.2, -0.15) is 0 Å². The molecule has 5 rings (SSSR count). The molecule has 0 saturated carbocycles. The van der Waals surface area contributed by atoms with E-state index in [4.69, 9.17) is 27.9 Å². The van der Waals surface area contributed by atoms with Crippen molar-refractivity contribution in [1.29, 1.82) is 0 Å². The van der Waals surface area contributed by atoms with E-state index in [0.717, 1.165) is 16.7 Å². The second-order valence-corrected chi connectivity index (χ2v) is 9.89. The number of carboxylic acid groups (broad SMARTS) is 1. The molecule has 1 aromatic heterocycles. The van der Waals surface area contributed by atoms with Gasteiger partial charge in [0.2, 0.25) is 5.82 Å². The van der Waals surface area contributed by atoms with Crippen LogP contribution in [0.15, 0.2) is 103 Å². The van der Waals surface area contributed by atoms with Crippen LogP contribution in [0, 0.1) is 0 Å². The third-order valence-electron chi connectivity index (χ3n) is 6.21. The molecule has 41 heavy (non-hydrogen) atoms. The van der Waals surface area contributed by atoms with E-state index in [2.05, 4.69) is 15.4 Å². The van der Waals surface area contributed by atoms with Gasteiger partial charge >= 0.3 is 5.97 Å². The minimum absolute atomic E-state index is 0.125. The number of amides is 1. The van der Waals surface area contributed by atoms with Gasteiger partial charge in [-0.3, -0.25) is 4.79 Å². The summed E-state index contributed by atoms with van der Waals surface area (Å²) in [5.41, 5.74) is 4.04. The molecule has 0 saturated heterocycles. The van der Waals surface area contributed by atoms with Crippen molar-refractivity contribution in [3.63, 3.8) is 0 Å². The zero-order valence-electron chi connectivity index (χ0n) is 21.6. The lowest BCUT2D eigenvalue weighted by molar-refractivity contribution is -0.141. The van der Waals surface area contributed by atoms with Gasteiger partial charge < -0.3 is 15.2 Å². The average molecular weight is 587 g/mol. The van der Waals surface area contributed by atoms with Crippen molar-refractivity contribution in [2.24, 2.45) is 0 Å². The third kappa shape index (κ3) is 6.81. The Balaban J connectivity index is 1.42. The van der Waals surface area contributed by atoms with Crippen LogP contribution >= 0.6 is 23.2 Å². The lowest BCUT2D eigenvalue weighted by Gasteiger charge is -2.15. The Labute approximate surface area is 246 Å². The molecule has 2 N–H and O–H groups in total.